The Labute approximate surface area is 244 Å². The van der Waals surface area contributed by atoms with E-state index in [2.05, 4.69) is 0 Å². The molecular weight excluding hydrogens is 553 g/mol. The Morgan fingerprint density at radius 3 is 2.45 bits per heavy atom. The summed E-state index contributed by atoms with van der Waals surface area (Å²) in [6.07, 6.45) is 0.610. The van der Waals surface area contributed by atoms with Gasteiger partial charge in [-0.3, -0.25) is 0 Å². The molecule has 0 heterocycles. The Morgan fingerprint density at radius 2 is 1.75 bits per heavy atom. The largest absolute Gasteiger partial charge is 0.465 e. The molecule has 3 aromatic rings. The van der Waals surface area contributed by atoms with Gasteiger partial charge in [0.25, 0.3) is 0 Å². The van der Waals surface area contributed by atoms with Crippen LogP contribution in [0.3, 0.4) is 0 Å². The van der Waals surface area contributed by atoms with Gasteiger partial charge in [0.15, 0.2) is 0 Å². The van der Waals surface area contributed by atoms with Crippen LogP contribution in [-0.2, 0) is 22.3 Å². The number of esters is 1. The van der Waals surface area contributed by atoms with Gasteiger partial charge in [-0.25, -0.2) is 9.59 Å². The maximum atomic E-state index is 13.3. The van der Waals surface area contributed by atoms with Crippen molar-refractivity contribution in [3.8, 4) is 11.5 Å². The van der Waals surface area contributed by atoms with Crippen molar-refractivity contribution in [2.45, 2.75) is 57.8 Å². The molecule has 0 radical (unpaired) electrons. The zero-order chi connectivity index (χ0) is 29.0. The van der Waals surface area contributed by atoms with E-state index in [1.54, 1.807) is 41.3 Å². The van der Waals surface area contributed by atoms with E-state index in [1.165, 1.54) is 13.2 Å². The molecule has 0 fully saturated rings. The average molecular weight is 587 g/mol. The normalized spacial score (nSPS) is 15.5. The van der Waals surface area contributed by atoms with E-state index >= 15 is 0 Å². The number of carbonyl (C=O) groups excluding carboxylic acids is 2. The Morgan fingerprint density at radius 1 is 1.02 bits per heavy atom. The molecule has 0 aromatic heterocycles. The summed E-state index contributed by atoms with van der Waals surface area (Å²) in [6.45, 7) is 5.52. The Hall–Kier alpha value is -3.26. The number of aliphatic hydroxyl groups is 1. The lowest BCUT2D eigenvalue weighted by Crippen LogP contribution is -2.47. The average Bonchev–Trinajstić information content (AvgIpc) is 2.90. The van der Waals surface area contributed by atoms with E-state index < -0.39 is 23.8 Å². The molecule has 7 nitrogen and oxygen atoms in total. The lowest BCUT2D eigenvalue weighted by molar-refractivity contribution is 0.00194. The van der Waals surface area contributed by atoms with E-state index in [0.29, 0.717) is 34.9 Å². The Kier molecular flexibility index (Phi) is 9.29. The molecule has 1 aliphatic carbocycles. The number of hydrogen-bond acceptors (Lipinski definition) is 6. The highest BCUT2D eigenvalue weighted by atomic mass is 35.5. The first-order chi connectivity index (χ1) is 18.9. The number of hydrogen-bond donors (Lipinski definition) is 1. The number of aryl methyl sites for hydroxylation is 1. The van der Waals surface area contributed by atoms with Crippen molar-refractivity contribution in [3.63, 3.8) is 0 Å². The van der Waals surface area contributed by atoms with Crippen molar-refractivity contribution < 1.29 is 28.9 Å². The molecule has 9 heteroatoms. The maximum Gasteiger partial charge on any atom is 0.410 e. The molecular formula is C31H33Cl2NO6. The number of methoxy groups -OCH3 is 1. The lowest BCUT2D eigenvalue weighted by atomic mass is 9.87. The minimum Gasteiger partial charge on any atom is -0.465 e. The summed E-state index contributed by atoms with van der Waals surface area (Å²) >= 11 is 12.3. The highest BCUT2D eigenvalue weighted by Crippen LogP contribution is 2.33. The molecule has 0 bridgehead atoms. The predicted octanol–water partition coefficient (Wildman–Crippen LogP) is 7.40. The van der Waals surface area contributed by atoms with Gasteiger partial charge in [-0.05, 0) is 99.2 Å². The highest BCUT2D eigenvalue weighted by Gasteiger charge is 2.33. The monoisotopic (exact) mass is 585 g/mol. The second kappa shape index (κ2) is 12.5. The Balaban J connectivity index is 1.56. The van der Waals surface area contributed by atoms with Crippen molar-refractivity contribution in [1.82, 2.24) is 4.90 Å². The maximum absolute atomic E-state index is 13.3. The van der Waals surface area contributed by atoms with Crippen molar-refractivity contribution in [1.29, 1.82) is 0 Å². The van der Waals surface area contributed by atoms with Crippen LogP contribution in [0, 0.1) is 0 Å². The molecule has 1 amide bonds. The number of aliphatic hydroxyl groups excluding tert-OH is 1. The van der Waals surface area contributed by atoms with Crippen LogP contribution in [0.5, 0.6) is 11.5 Å². The number of halogens is 2. The SMILES string of the molecule is COC(=O)c1cc(Oc2ccc3c(c2)C[C@@H](N(C[C@@H](O)c2cccc(Cl)c2)C(=O)OC(C)(C)C)CC3)ccc1Cl. The zero-order valence-corrected chi connectivity index (χ0v) is 24.5. The third-order valence-corrected chi connectivity index (χ3v) is 7.20. The summed E-state index contributed by atoms with van der Waals surface area (Å²) in [6, 6.07) is 17.4. The topological polar surface area (TPSA) is 85.3 Å². The van der Waals surface area contributed by atoms with E-state index in [1.807, 2.05) is 39.0 Å². The summed E-state index contributed by atoms with van der Waals surface area (Å²) in [4.78, 5) is 27.0. The molecule has 212 valence electrons. The van der Waals surface area contributed by atoms with E-state index in [9.17, 15) is 14.7 Å². The van der Waals surface area contributed by atoms with Gasteiger partial charge in [-0.2, -0.15) is 0 Å². The van der Waals surface area contributed by atoms with Crippen molar-refractivity contribution in [2.75, 3.05) is 13.7 Å². The van der Waals surface area contributed by atoms with Crippen LogP contribution in [0.1, 0.15) is 60.3 Å². The third kappa shape index (κ3) is 7.47. The first kappa shape index (κ1) is 29.7. The zero-order valence-electron chi connectivity index (χ0n) is 22.9. The van der Waals surface area contributed by atoms with Gasteiger partial charge in [0.05, 0.1) is 30.3 Å². The lowest BCUT2D eigenvalue weighted by Gasteiger charge is -2.37. The molecule has 2 atom stereocenters. The van der Waals surface area contributed by atoms with Gasteiger partial charge in [0, 0.05) is 11.1 Å². The second-order valence-electron chi connectivity index (χ2n) is 10.8. The second-order valence-corrected chi connectivity index (χ2v) is 11.6. The van der Waals surface area contributed by atoms with Crippen LogP contribution in [0.25, 0.3) is 0 Å². The molecule has 4 rings (SSSR count). The molecule has 40 heavy (non-hydrogen) atoms. The molecule has 0 saturated carbocycles. The minimum absolute atomic E-state index is 0.0620. The van der Waals surface area contributed by atoms with Crippen LogP contribution < -0.4 is 4.74 Å². The standard InChI is InChI=1S/C31H33Cl2NO6/c1-31(2,3)40-30(37)34(18-28(35)20-6-5-7-22(32)14-20)23-10-8-19-9-11-24(16-21(19)15-23)39-25-12-13-27(33)26(17-25)29(36)38-4/h5-7,9,11-14,16-17,23,28,35H,8,10,15,18H2,1-4H3/t23-,28+/m0/s1. The summed E-state index contributed by atoms with van der Waals surface area (Å²) in [7, 11) is 1.29. The van der Waals surface area contributed by atoms with Crippen molar-refractivity contribution in [2.24, 2.45) is 0 Å². The van der Waals surface area contributed by atoms with Gasteiger partial charge in [-0.15, -0.1) is 0 Å². The minimum atomic E-state index is -0.934. The van der Waals surface area contributed by atoms with E-state index in [-0.39, 0.29) is 23.2 Å². The number of amides is 1. The first-order valence-corrected chi connectivity index (χ1v) is 13.8. The number of nitrogens with zero attached hydrogens (tertiary/aromatic N) is 1. The van der Waals surface area contributed by atoms with Crippen LogP contribution in [0.4, 0.5) is 4.79 Å². The summed E-state index contributed by atoms with van der Waals surface area (Å²) < 4.78 is 16.6. The molecule has 3 aromatic carbocycles. The molecule has 1 aliphatic rings. The number of benzene rings is 3. The van der Waals surface area contributed by atoms with E-state index in [4.69, 9.17) is 37.4 Å². The van der Waals surface area contributed by atoms with E-state index in [0.717, 1.165) is 17.5 Å². The summed E-state index contributed by atoms with van der Waals surface area (Å²) in [5.41, 5.74) is 2.34. The molecule has 0 spiro atoms. The smallest absolute Gasteiger partial charge is 0.410 e. The third-order valence-electron chi connectivity index (χ3n) is 6.63. The quantitative estimate of drug-likeness (QED) is 0.291. The van der Waals surface area contributed by atoms with Gasteiger partial charge < -0.3 is 24.2 Å². The molecule has 1 N–H and O–H groups in total. The van der Waals surface area contributed by atoms with Crippen molar-refractivity contribution >= 4 is 35.3 Å². The number of fused-ring (bicyclic) bond motifs is 1. The molecule has 0 saturated heterocycles. The molecule has 0 unspecified atom stereocenters. The van der Waals surface area contributed by atoms with Crippen LogP contribution in [-0.4, -0.2) is 47.4 Å². The fourth-order valence-corrected chi connectivity index (χ4v) is 5.11. The fourth-order valence-electron chi connectivity index (χ4n) is 4.71. The summed E-state index contributed by atoms with van der Waals surface area (Å²) in [5.74, 6) is 0.475. The number of ether oxygens (including phenoxy) is 3. The highest BCUT2D eigenvalue weighted by molar-refractivity contribution is 6.33. The Bertz CT molecular complexity index is 1390. The summed E-state index contributed by atoms with van der Waals surface area (Å²) in [5, 5.41) is 11.8. The first-order valence-electron chi connectivity index (χ1n) is 13.0. The van der Waals surface area contributed by atoms with Gasteiger partial charge in [0.2, 0.25) is 0 Å². The number of rotatable bonds is 7. The number of carbonyl (C=O) groups is 2. The van der Waals surface area contributed by atoms with Gasteiger partial charge >= 0.3 is 12.1 Å². The van der Waals surface area contributed by atoms with Gasteiger partial charge in [0.1, 0.15) is 17.1 Å². The fraction of sp³-hybridized carbons (Fsp3) is 0.355. The molecule has 0 aliphatic heterocycles. The van der Waals surface area contributed by atoms with Crippen molar-refractivity contribution in [3.05, 3.63) is 93.0 Å². The van der Waals surface area contributed by atoms with Crippen LogP contribution >= 0.6 is 23.2 Å². The van der Waals surface area contributed by atoms with Crippen LogP contribution in [0.15, 0.2) is 60.7 Å². The van der Waals surface area contributed by atoms with Gasteiger partial charge in [-0.1, -0.05) is 41.4 Å². The van der Waals surface area contributed by atoms with Crippen LogP contribution in [0.2, 0.25) is 10.0 Å². The predicted molar refractivity (Wildman–Crippen MR) is 154 cm³/mol.